The Morgan fingerprint density at radius 2 is 1.96 bits per heavy atom. The molecule has 3 amide bonds. The summed E-state index contributed by atoms with van der Waals surface area (Å²) in [7, 11) is 0. The first-order valence-electron chi connectivity index (χ1n) is 9.35. The summed E-state index contributed by atoms with van der Waals surface area (Å²) in [5.41, 5.74) is 3.34. The van der Waals surface area contributed by atoms with Crippen molar-refractivity contribution in [3.05, 3.63) is 41.1 Å². The third-order valence-corrected chi connectivity index (χ3v) is 5.86. The lowest BCUT2D eigenvalue weighted by Gasteiger charge is -2.29. The number of nitrogens with one attached hydrogen (secondary N) is 1. The minimum Gasteiger partial charge on any atom is -0.356 e. The molecular formula is C20H19N3O4. The van der Waals surface area contributed by atoms with E-state index in [0.29, 0.717) is 30.2 Å². The highest BCUT2D eigenvalue weighted by Gasteiger charge is 2.39. The SMILES string of the molecule is O=C1CCC(N2Cc3cc(-c4cc(C5CCC5)no4)ccc3C2=O)C(=O)N1. The van der Waals surface area contributed by atoms with Crippen LogP contribution < -0.4 is 5.32 Å². The lowest BCUT2D eigenvalue weighted by Crippen LogP contribution is -2.52. The van der Waals surface area contributed by atoms with Crippen LogP contribution in [0.1, 0.15) is 59.6 Å². The van der Waals surface area contributed by atoms with Crippen molar-refractivity contribution in [3.8, 4) is 11.3 Å². The third-order valence-electron chi connectivity index (χ3n) is 5.86. The number of fused-ring (bicyclic) bond motifs is 1. The van der Waals surface area contributed by atoms with Crippen LogP contribution >= 0.6 is 0 Å². The molecule has 1 saturated carbocycles. The highest BCUT2D eigenvalue weighted by Crippen LogP contribution is 2.38. The summed E-state index contributed by atoms with van der Waals surface area (Å²) in [6, 6.07) is 6.96. The van der Waals surface area contributed by atoms with Crippen LogP contribution in [0, 0.1) is 0 Å². The summed E-state index contributed by atoms with van der Waals surface area (Å²) in [4.78, 5) is 37.8. The van der Waals surface area contributed by atoms with Crippen molar-refractivity contribution in [1.29, 1.82) is 0 Å². The average molecular weight is 365 g/mol. The van der Waals surface area contributed by atoms with Crippen LogP contribution in [-0.2, 0) is 16.1 Å². The fraction of sp³-hybridized carbons (Fsp3) is 0.400. The van der Waals surface area contributed by atoms with Crippen molar-refractivity contribution in [2.24, 2.45) is 0 Å². The summed E-state index contributed by atoms with van der Waals surface area (Å²) < 4.78 is 5.52. The van der Waals surface area contributed by atoms with Crippen LogP contribution in [0.25, 0.3) is 11.3 Å². The summed E-state index contributed by atoms with van der Waals surface area (Å²) in [5.74, 6) is 0.357. The molecule has 7 heteroatoms. The zero-order valence-electron chi connectivity index (χ0n) is 14.7. The number of amides is 3. The van der Waals surface area contributed by atoms with Gasteiger partial charge in [0.05, 0.1) is 5.69 Å². The van der Waals surface area contributed by atoms with Crippen LogP contribution in [0.2, 0.25) is 0 Å². The fourth-order valence-corrected chi connectivity index (χ4v) is 4.05. The molecule has 2 aromatic rings. The molecule has 27 heavy (non-hydrogen) atoms. The van der Waals surface area contributed by atoms with Crippen molar-refractivity contribution in [2.45, 2.75) is 50.6 Å². The van der Waals surface area contributed by atoms with Gasteiger partial charge in [0.1, 0.15) is 6.04 Å². The van der Waals surface area contributed by atoms with Gasteiger partial charge in [-0.2, -0.15) is 0 Å². The Labute approximate surface area is 155 Å². The van der Waals surface area contributed by atoms with Crippen molar-refractivity contribution >= 4 is 17.7 Å². The van der Waals surface area contributed by atoms with Crippen molar-refractivity contribution < 1.29 is 18.9 Å². The molecule has 0 radical (unpaired) electrons. The molecule has 3 aliphatic rings. The topological polar surface area (TPSA) is 92.5 Å². The highest BCUT2D eigenvalue weighted by molar-refractivity contribution is 6.05. The lowest BCUT2D eigenvalue weighted by atomic mass is 9.83. The molecule has 1 saturated heterocycles. The number of benzene rings is 1. The number of carbonyl (C=O) groups is 3. The Kier molecular flexibility index (Phi) is 3.63. The Morgan fingerprint density at radius 1 is 1.11 bits per heavy atom. The van der Waals surface area contributed by atoms with E-state index >= 15 is 0 Å². The number of hydrogen-bond donors (Lipinski definition) is 1. The molecular weight excluding hydrogens is 346 g/mol. The zero-order valence-corrected chi connectivity index (χ0v) is 14.7. The van der Waals surface area contributed by atoms with Gasteiger partial charge >= 0.3 is 0 Å². The maximum atomic E-state index is 12.7. The molecule has 1 aromatic carbocycles. The Morgan fingerprint density at radius 3 is 2.70 bits per heavy atom. The molecule has 0 spiro atoms. The molecule has 2 fully saturated rings. The van der Waals surface area contributed by atoms with Crippen LogP contribution in [0.4, 0.5) is 0 Å². The number of nitrogens with zero attached hydrogens (tertiary/aromatic N) is 2. The second-order valence-electron chi connectivity index (χ2n) is 7.52. The van der Waals surface area contributed by atoms with E-state index in [1.165, 1.54) is 6.42 Å². The third kappa shape index (κ3) is 2.65. The molecule has 7 nitrogen and oxygen atoms in total. The van der Waals surface area contributed by atoms with E-state index in [0.717, 1.165) is 29.7 Å². The average Bonchev–Trinajstić information content (AvgIpc) is 3.19. The van der Waals surface area contributed by atoms with Gasteiger partial charge in [-0.25, -0.2) is 0 Å². The van der Waals surface area contributed by atoms with Gasteiger partial charge in [-0.15, -0.1) is 0 Å². The molecule has 138 valence electrons. The molecule has 1 aliphatic carbocycles. The monoisotopic (exact) mass is 365 g/mol. The number of hydrogen-bond acceptors (Lipinski definition) is 5. The van der Waals surface area contributed by atoms with Crippen molar-refractivity contribution in [3.63, 3.8) is 0 Å². The van der Waals surface area contributed by atoms with Crippen LogP contribution in [-0.4, -0.2) is 33.8 Å². The fourth-order valence-electron chi connectivity index (χ4n) is 4.05. The summed E-state index contributed by atoms with van der Waals surface area (Å²) in [6.45, 7) is 0.359. The second kappa shape index (κ2) is 6.04. The minimum absolute atomic E-state index is 0.168. The normalized spacial score (nSPS) is 22.6. The molecule has 5 rings (SSSR count). The molecule has 1 aromatic heterocycles. The lowest BCUT2D eigenvalue weighted by molar-refractivity contribution is -0.136. The van der Waals surface area contributed by atoms with Gasteiger partial charge in [0.15, 0.2) is 5.76 Å². The number of piperidine rings is 1. The summed E-state index contributed by atoms with van der Waals surface area (Å²) in [6.07, 6.45) is 4.18. The second-order valence-corrected chi connectivity index (χ2v) is 7.52. The standard InChI is InChI=1S/C20H19N3O4/c24-18-7-6-16(19(25)21-18)23-10-13-8-12(4-5-14(13)20(23)26)17-9-15(22-27-17)11-2-1-3-11/h4-5,8-9,11,16H,1-3,6-7,10H2,(H,21,24,25). The molecule has 3 heterocycles. The van der Waals surface area contributed by atoms with Gasteiger partial charge in [-0.1, -0.05) is 17.6 Å². The van der Waals surface area contributed by atoms with Gasteiger partial charge in [0.2, 0.25) is 11.8 Å². The van der Waals surface area contributed by atoms with E-state index < -0.39 is 11.9 Å². The highest BCUT2D eigenvalue weighted by atomic mass is 16.5. The largest absolute Gasteiger partial charge is 0.356 e. The first kappa shape index (κ1) is 16.2. The summed E-state index contributed by atoms with van der Waals surface area (Å²) >= 11 is 0. The summed E-state index contributed by atoms with van der Waals surface area (Å²) in [5, 5.41) is 6.51. The predicted octanol–water partition coefficient (Wildman–Crippen LogP) is 2.37. The van der Waals surface area contributed by atoms with E-state index in [1.54, 1.807) is 11.0 Å². The maximum absolute atomic E-state index is 12.7. The van der Waals surface area contributed by atoms with Crippen LogP contribution in [0.5, 0.6) is 0 Å². The van der Waals surface area contributed by atoms with E-state index in [-0.39, 0.29) is 18.2 Å². The maximum Gasteiger partial charge on any atom is 0.255 e. The number of carbonyl (C=O) groups excluding carboxylic acids is 3. The van der Waals surface area contributed by atoms with Gasteiger partial charge in [0.25, 0.3) is 5.91 Å². The van der Waals surface area contributed by atoms with Gasteiger partial charge < -0.3 is 9.42 Å². The molecule has 1 atom stereocenters. The van der Waals surface area contributed by atoms with Gasteiger partial charge in [-0.05, 0) is 37.0 Å². The number of imide groups is 1. The predicted molar refractivity (Wildman–Crippen MR) is 94.6 cm³/mol. The Hall–Kier alpha value is -2.96. The quantitative estimate of drug-likeness (QED) is 0.843. The molecule has 1 N–H and O–H groups in total. The number of aromatic nitrogens is 1. The van der Waals surface area contributed by atoms with Crippen LogP contribution in [0.3, 0.4) is 0 Å². The first-order valence-corrected chi connectivity index (χ1v) is 9.35. The van der Waals surface area contributed by atoms with Crippen molar-refractivity contribution in [1.82, 2.24) is 15.4 Å². The number of rotatable bonds is 3. The smallest absolute Gasteiger partial charge is 0.255 e. The van der Waals surface area contributed by atoms with E-state index in [9.17, 15) is 14.4 Å². The van der Waals surface area contributed by atoms with E-state index in [2.05, 4.69) is 10.5 Å². The Bertz CT molecular complexity index is 960. The molecule has 2 aliphatic heterocycles. The minimum atomic E-state index is -0.596. The van der Waals surface area contributed by atoms with Gasteiger partial charge in [0, 0.05) is 36.1 Å². The van der Waals surface area contributed by atoms with Gasteiger partial charge in [-0.3, -0.25) is 19.7 Å². The van der Waals surface area contributed by atoms with E-state index in [1.807, 2.05) is 18.2 Å². The molecule has 1 unspecified atom stereocenters. The van der Waals surface area contributed by atoms with Crippen molar-refractivity contribution in [2.75, 3.05) is 0 Å². The molecule has 0 bridgehead atoms. The van der Waals surface area contributed by atoms with E-state index in [4.69, 9.17) is 4.52 Å². The zero-order chi connectivity index (χ0) is 18.5. The first-order chi connectivity index (χ1) is 13.1. The Balaban J connectivity index is 1.39. The van der Waals surface area contributed by atoms with Crippen LogP contribution in [0.15, 0.2) is 28.8 Å².